The molecule has 1 aromatic heterocycles. The molecule has 1 aromatic carbocycles. The molecule has 2 rings (SSSR count). The molecule has 0 saturated carbocycles. The molecule has 0 aliphatic rings. The highest BCUT2D eigenvalue weighted by Crippen LogP contribution is 2.14. The van der Waals surface area contributed by atoms with Gasteiger partial charge in [-0.2, -0.15) is 5.21 Å². The lowest BCUT2D eigenvalue weighted by atomic mass is 10.2. The average Bonchev–Trinajstić information content (AvgIpc) is 2.93. The van der Waals surface area contributed by atoms with E-state index < -0.39 is 16.1 Å². The number of sulfonamides is 1. The minimum Gasteiger partial charge on any atom is -0.396 e. The zero-order valence-corrected chi connectivity index (χ0v) is 11.6. The van der Waals surface area contributed by atoms with Crippen molar-refractivity contribution in [1.82, 2.24) is 25.3 Å². The van der Waals surface area contributed by atoms with Crippen LogP contribution >= 0.6 is 0 Å². The van der Waals surface area contributed by atoms with Gasteiger partial charge in [0.2, 0.25) is 10.0 Å². The first kappa shape index (κ1) is 14.6. The van der Waals surface area contributed by atoms with E-state index >= 15 is 0 Å². The lowest BCUT2D eigenvalue weighted by Crippen LogP contribution is -2.27. The van der Waals surface area contributed by atoms with Crippen molar-refractivity contribution >= 4 is 10.0 Å². The highest BCUT2D eigenvalue weighted by Gasteiger charge is 2.20. The van der Waals surface area contributed by atoms with Gasteiger partial charge in [-0.05, 0) is 31.0 Å². The van der Waals surface area contributed by atoms with Crippen LogP contribution < -0.4 is 4.72 Å². The highest BCUT2D eigenvalue weighted by molar-refractivity contribution is 7.89. The van der Waals surface area contributed by atoms with E-state index in [1.54, 1.807) is 19.1 Å². The van der Waals surface area contributed by atoms with Crippen LogP contribution in [0.25, 0.3) is 0 Å². The fourth-order valence-corrected chi connectivity index (χ4v) is 2.87. The van der Waals surface area contributed by atoms with E-state index in [0.717, 1.165) is 5.56 Å². The summed E-state index contributed by atoms with van der Waals surface area (Å²) in [6.07, 6.45) is 0.493. The molecule has 0 aliphatic carbocycles. The number of aromatic nitrogens is 4. The molecule has 0 radical (unpaired) electrons. The summed E-state index contributed by atoms with van der Waals surface area (Å²) in [6.45, 7) is 1.65. The normalized spacial score (nSPS) is 13.3. The van der Waals surface area contributed by atoms with Crippen LogP contribution in [0.1, 0.15) is 24.4 Å². The molecule has 1 heterocycles. The Labute approximate surface area is 116 Å². The quantitative estimate of drug-likeness (QED) is 0.677. The molecule has 0 spiro atoms. The average molecular weight is 297 g/mol. The Morgan fingerprint density at radius 1 is 1.35 bits per heavy atom. The first-order valence-electron chi connectivity index (χ1n) is 5.98. The Morgan fingerprint density at radius 3 is 2.60 bits per heavy atom. The summed E-state index contributed by atoms with van der Waals surface area (Å²) in [5.41, 5.74) is 0.873. The van der Waals surface area contributed by atoms with Crippen molar-refractivity contribution in [1.29, 1.82) is 0 Å². The van der Waals surface area contributed by atoms with E-state index in [1.807, 2.05) is 0 Å². The standard InChI is InChI=1S/C11H15N5O3S/c1-8(11-12-15-16-13-11)14-20(18,19)10-4-2-9(3-5-10)6-7-17/h2-5,8,14,17H,6-7H2,1H3,(H,12,13,15,16). The third-order valence-electron chi connectivity index (χ3n) is 2.72. The molecule has 0 aliphatic heterocycles. The first-order chi connectivity index (χ1) is 9.53. The molecule has 0 bridgehead atoms. The van der Waals surface area contributed by atoms with E-state index in [9.17, 15) is 8.42 Å². The Hall–Kier alpha value is -1.84. The number of rotatable bonds is 6. The fraction of sp³-hybridized carbons (Fsp3) is 0.364. The number of hydrogen-bond donors (Lipinski definition) is 3. The summed E-state index contributed by atoms with van der Waals surface area (Å²) < 4.78 is 26.8. The SMILES string of the molecule is CC(NS(=O)(=O)c1ccc(CCO)cc1)c1nn[nH]n1. The zero-order valence-electron chi connectivity index (χ0n) is 10.8. The summed E-state index contributed by atoms with van der Waals surface area (Å²) in [7, 11) is -3.65. The Morgan fingerprint density at radius 2 is 2.05 bits per heavy atom. The van der Waals surface area contributed by atoms with Crippen molar-refractivity contribution in [3.05, 3.63) is 35.7 Å². The summed E-state index contributed by atoms with van der Waals surface area (Å²) in [5, 5.41) is 21.9. The largest absolute Gasteiger partial charge is 0.396 e. The van der Waals surface area contributed by atoms with Crippen LogP contribution in [-0.4, -0.2) is 40.8 Å². The van der Waals surface area contributed by atoms with Gasteiger partial charge in [0.05, 0.1) is 10.9 Å². The Bertz CT molecular complexity index is 639. The van der Waals surface area contributed by atoms with Crippen molar-refractivity contribution in [2.45, 2.75) is 24.3 Å². The molecule has 20 heavy (non-hydrogen) atoms. The van der Waals surface area contributed by atoms with Crippen LogP contribution in [0.2, 0.25) is 0 Å². The fourth-order valence-electron chi connectivity index (χ4n) is 1.67. The van der Waals surface area contributed by atoms with Crippen LogP contribution in [-0.2, 0) is 16.4 Å². The molecule has 9 heteroatoms. The van der Waals surface area contributed by atoms with Crippen molar-refractivity contribution in [2.75, 3.05) is 6.61 Å². The van der Waals surface area contributed by atoms with Crippen molar-refractivity contribution < 1.29 is 13.5 Å². The molecular weight excluding hydrogens is 282 g/mol. The predicted molar refractivity (Wildman–Crippen MR) is 70.1 cm³/mol. The van der Waals surface area contributed by atoms with E-state index in [-0.39, 0.29) is 17.3 Å². The molecule has 0 amide bonds. The number of aliphatic hydroxyl groups is 1. The Balaban J connectivity index is 2.13. The summed E-state index contributed by atoms with van der Waals surface area (Å²) >= 11 is 0. The van der Waals surface area contributed by atoms with Gasteiger partial charge in [-0.15, -0.1) is 10.2 Å². The molecule has 0 saturated heterocycles. The van der Waals surface area contributed by atoms with Gasteiger partial charge in [0.15, 0.2) is 5.82 Å². The number of nitrogens with one attached hydrogen (secondary N) is 2. The molecular formula is C11H15N5O3S. The van der Waals surface area contributed by atoms with Crippen LogP contribution in [0.3, 0.4) is 0 Å². The molecule has 0 fully saturated rings. The van der Waals surface area contributed by atoms with E-state index in [4.69, 9.17) is 5.11 Å². The first-order valence-corrected chi connectivity index (χ1v) is 7.47. The number of aliphatic hydroxyl groups excluding tert-OH is 1. The van der Waals surface area contributed by atoms with Crippen LogP contribution in [0.15, 0.2) is 29.2 Å². The minimum atomic E-state index is -3.65. The van der Waals surface area contributed by atoms with Gasteiger partial charge in [0, 0.05) is 6.61 Å². The smallest absolute Gasteiger partial charge is 0.241 e. The number of nitrogens with zero attached hydrogens (tertiary/aromatic N) is 3. The summed E-state index contributed by atoms with van der Waals surface area (Å²) in [4.78, 5) is 0.148. The minimum absolute atomic E-state index is 0.0270. The maximum atomic E-state index is 12.2. The van der Waals surface area contributed by atoms with E-state index in [0.29, 0.717) is 6.42 Å². The summed E-state index contributed by atoms with van der Waals surface area (Å²) in [5.74, 6) is 0.269. The van der Waals surface area contributed by atoms with Crippen molar-refractivity contribution in [3.63, 3.8) is 0 Å². The molecule has 3 N–H and O–H groups in total. The van der Waals surface area contributed by atoms with Crippen LogP contribution in [0.5, 0.6) is 0 Å². The van der Waals surface area contributed by atoms with Gasteiger partial charge >= 0.3 is 0 Å². The molecule has 1 unspecified atom stereocenters. The maximum absolute atomic E-state index is 12.2. The third kappa shape index (κ3) is 3.38. The zero-order chi connectivity index (χ0) is 14.6. The van der Waals surface area contributed by atoms with Crippen LogP contribution in [0, 0.1) is 0 Å². The second-order valence-electron chi connectivity index (χ2n) is 4.23. The van der Waals surface area contributed by atoms with E-state index in [1.165, 1.54) is 12.1 Å². The molecule has 108 valence electrons. The number of tetrazole rings is 1. The van der Waals surface area contributed by atoms with Crippen LogP contribution in [0.4, 0.5) is 0 Å². The number of aromatic amines is 1. The van der Waals surface area contributed by atoms with E-state index in [2.05, 4.69) is 25.3 Å². The lowest BCUT2D eigenvalue weighted by Gasteiger charge is -2.11. The third-order valence-corrected chi connectivity index (χ3v) is 4.27. The van der Waals surface area contributed by atoms with Gasteiger partial charge in [0.25, 0.3) is 0 Å². The van der Waals surface area contributed by atoms with Gasteiger partial charge in [-0.3, -0.25) is 0 Å². The lowest BCUT2D eigenvalue weighted by molar-refractivity contribution is 0.299. The van der Waals surface area contributed by atoms with Crippen molar-refractivity contribution in [2.24, 2.45) is 0 Å². The Kier molecular flexibility index (Phi) is 4.42. The molecule has 8 nitrogen and oxygen atoms in total. The maximum Gasteiger partial charge on any atom is 0.241 e. The number of hydrogen-bond acceptors (Lipinski definition) is 6. The number of benzene rings is 1. The second kappa shape index (κ2) is 6.07. The van der Waals surface area contributed by atoms with Crippen molar-refractivity contribution in [3.8, 4) is 0 Å². The number of H-pyrrole nitrogens is 1. The molecule has 2 aromatic rings. The van der Waals surface area contributed by atoms with Gasteiger partial charge < -0.3 is 5.11 Å². The van der Waals surface area contributed by atoms with Gasteiger partial charge in [-0.25, -0.2) is 13.1 Å². The summed E-state index contributed by atoms with van der Waals surface area (Å²) in [6, 6.07) is 5.75. The van der Waals surface area contributed by atoms with Gasteiger partial charge in [0.1, 0.15) is 0 Å². The van der Waals surface area contributed by atoms with Gasteiger partial charge in [-0.1, -0.05) is 17.3 Å². The molecule has 1 atom stereocenters. The second-order valence-corrected chi connectivity index (χ2v) is 5.94. The highest BCUT2D eigenvalue weighted by atomic mass is 32.2. The predicted octanol–water partition coefficient (Wildman–Crippen LogP) is -0.226. The topological polar surface area (TPSA) is 121 Å². The monoisotopic (exact) mass is 297 g/mol.